The smallest absolute Gasteiger partial charge is 0.271 e. The van der Waals surface area contributed by atoms with Crippen LogP contribution in [0, 0.1) is 0 Å². The topological polar surface area (TPSA) is 101 Å². The van der Waals surface area contributed by atoms with Crippen molar-refractivity contribution in [2.24, 2.45) is 0 Å². The molecule has 13 heteroatoms. The molecule has 4 heterocycles. The summed E-state index contributed by atoms with van der Waals surface area (Å²) >= 11 is 15.0. The molecule has 2 aliphatic heterocycles. The Hall–Kier alpha value is -2.22. The lowest BCUT2D eigenvalue weighted by Crippen LogP contribution is -2.59. The fourth-order valence-corrected chi connectivity index (χ4v) is 6.71. The number of aromatic nitrogens is 4. The van der Waals surface area contributed by atoms with Crippen molar-refractivity contribution >= 4 is 46.3 Å². The Kier molecular flexibility index (Phi) is 7.61. The minimum atomic E-state index is -0.571. The molecule has 6 atom stereocenters. The summed E-state index contributed by atoms with van der Waals surface area (Å²) in [6.07, 6.45) is -0.127. The Morgan fingerprint density at radius 3 is 2.68 bits per heavy atom. The second-order valence-electron chi connectivity index (χ2n) is 8.70. The van der Waals surface area contributed by atoms with Gasteiger partial charge in [-0.1, -0.05) is 81.8 Å². The first-order valence-electron chi connectivity index (χ1n) is 11.7. The molecular weight excluding hydrogens is 571 g/mol. The van der Waals surface area contributed by atoms with Gasteiger partial charge in [-0.3, -0.25) is 0 Å². The SMILES string of the molecule is COC1C(Sc2ccc(Cl)c(Cl)c2)OC2COC(c3ccccc3)OC2C1n1cc(-c2csc(O)n2)nn1. The van der Waals surface area contributed by atoms with E-state index in [1.807, 2.05) is 36.4 Å². The van der Waals surface area contributed by atoms with Crippen molar-refractivity contribution in [2.75, 3.05) is 13.7 Å². The highest BCUT2D eigenvalue weighted by molar-refractivity contribution is 7.99. The van der Waals surface area contributed by atoms with Gasteiger partial charge in [0.15, 0.2) is 6.29 Å². The lowest BCUT2D eigenvalue weighted by Gasteiger charge is -2.48. The Bertz CT molecular complexity index is 1410. The van der Waals surface area contributed by atoms with Crippen molar-refractivity contribution in [1.29, 1.82) is 0 Å². The molecule has 2 aromatic carbocycles. The highest BCUT2D eigenvalue weighted by Gasteiger charge is 2.52. The number of methoxy groups -OCH3 is 1. The van der Waals surface area contributed by atoms with Crippen LogP contribution in [0.3, 0.4) is 0 Å². The Morgan fingerprint density at radius 1 is 1.11 bits per heavy atom. The summed E-state index contributed by atoms with van der Waals surface area (Å²) in [5, 5.41) is 21.1. The van der Waals surface area contributed by atoms with E-state index in [1.165, 1.54) is 11.8 Å². The molecular formula is C25H22Cl2N4O5S2. The van der Waals surface area contributed by atoms with Gasteiger partial charge in [-0.25, -0.2) is 9.67 Å². The number of hydrogen-bond acceptors (Lipinski definition) is 10. The summed E-state index contributed by atoms with van der Waals surface area (Å²) < 4.78 is 26.9. The summed E-state index contributed by atoms with van der Waals surface area (Å²) in [4.78, 5) is 5.00. The number of ether oxygens (including phenoxy) is 4. The minimum absolute atomic E-state index is 0.0352. The van der Waals surface area contributed by atoms with E-state index in [2.05, 4.69) is 15.3 Å². The van der Waals surface area contributed by atoms with E-state index in [4.69, 9.17) is 42.1 Å². The van der Waals surface area contributed by atoms with Gasteiger partial charge in [0.1, 0.15) is 41.2 Å². The zero-order valence-electron chi connectivity index (χ0n) is 19.9. The van der Waals surface area contributed by atoms with E-state index in [0.29, 0.717) is 28.0 Å². The summed E-state index contributed by atoms with van der Waals surface area (Å²) in [7, 11) is 1.63. The van der Waals surface area contributed by atoms with E-state index < -0.39 is 36.1 Å². The van der Waals surface area contributed by atoms with Crippen LogP contribution >= 0.6 is 46.3 Å². The number of thiazole rings is 1. The van der Waals surface area contributed by atoms with E-state index in [0.717, 1.165) is 21.8 Å². The molecule has 2 saturated heterocycles. The molecule has 198 valence electrons. The van der Waals surface area contributed by atoms with Crippen LogP contribution in [0.5, 0.6) is 5.19 Å². The fourth-order valence-electron chi connectivity index (χ4n) is 4.60. The third kappa shape index (κ3) is 5.17. The standard InChI is InChI=1S/C25H22Cl2N4O5S2/c1-33-22-20(31-10-17(29-30-31)18-12-37-25(32)28-18)21-19(11-34-23(36-21)13-5-3-2-4-6-13)35-24(22)38-14-7-8-15(26)16(27)9-14/h2-10,12,19-24H,11H2,1H3,(H,28,32). The number of thioether (sulfide) groups is 1. The normalized spacial score (nSPS) is 27.2. The van der Waals surface area contributed by atoms with Crippen molar-refractivity contribution in [2.45, 2.75) is 41.0 Å². The van der Waals surface area contributed by atoms with Gasteiger partial charge in [0, 0.05) is 22.9 Å². The van der Waals surface area contributed by atoms with Crippen molar-refractivity contribution in [3.8, 4) is 16.6 Å². The number of rotatable bonds is 6. The molecule has 0 radical (unpaired) electrons. The predicted octanol–water partition coefficient (Wildman–Crippen LogP) is 5.60. The molecule has 6 unspecified atom stereocenters. The van der Waals surface area contributed by atoms with Crippen LogP contribution in [0.2, 0.25) is 10.0 Å². The fraction of sp³-hybridized carbons (Fsp3) is 0.320. The third-order valence-corrected chi connectivity index (χ3v) is 8.89. The van der Waals surface area contributed by atoms with Gasteiger partial charge in [0.05, 0.1) is 22.8 Å². The van der Waals surface area contributed by atoms with Crippen LogP contribution in [0.1, 0.15) is 17.9 Å². The predicted molar refractivity (Wildman–Crippen MR) is 144 cm³/mol. The van der Waals surface area contributed by atoms with Crippen molar-refractivity contribution in [3.63, 3.8) is 0 Å². The van der Waals surface area contributed by atoms with Gasteiger partial charge in [-0.2, -0.15) is 0 Å². The minimum Gasteiger partial charge on any atom is -0.486 e. The van der Waals surface area contributed by atoms with Crippen LogP contribution in [-0.4, -0.2) is 62.5 Å². The number of nitrogens with zero attached hydrogens (tertiary/aromatic N) is 4. The molecule has 0 saturated carbocycles. The van der Waals surface area contributed by atoms with Gasteiger partial charge in [0.25, 0.3) is 5.19 Å². The third-order valence-electron chi connectivity index (χ3n) is 6.37. The molecule has 2 fully saturated rings. The van der Waals surface area contributed by atoms with Crippen LogP contribution in [0.25, 0.3) is 11.4 Å². The van der Waals surface area contributed by atoms with Gasteiger partial charge in [0.2, 0.25) is 0 Å². The summed E-state index contributed by atoms with van der Waals surface area (Å²) in [5.41, 5.74) is 1.52. The number of hydrogen-bond donors (Lipinski definition) is 1. The highest BCUT2D eigenvalue weighted by Crippen LogP contribution is 2.45. The van der Waals surface area contributed by atoms with Gasteiger partial charge in [-0.05, 0) is 18.2 Å². The maximum atomic E-state index is 9.71. The molecule has 38 heavy (non-hydrogen) atoms. The first-order chi connectivity index (χ1) is 18.5. The zero-order chi connectivity index (χ0) is 26.2. The molecule has 0 bridgehead atoms. The lowest BCUT2D eigenvalue weighted by atomic mass is 9.95. The maximum Gasteiger partial charge on any atom is 0.271 e. The molecule has 0 aliphatic carbocycles. The molecule has 6 rings (SSSR count). The first kappa shape index (κ1) is 26.0. The zero-order valence-corrected chi connectivity index (χ0v) is 23.0. The van der Waals surface area contributed by atoms with Crippen LogP contribution < -0.4 is 0 Å². The quantitative estimate of drug-likeness (QED) is 0.306. The van der Waals surface area contributed by atoms with Crippen molar-refractivity contribution < 1.29 is 24.1 Å². The molecule has 0 spiro atoms. The average molecular weight is 594 g/mol. The number of aromatic hydroxyl groups is 1. The maximum absolute atomic E-state index is 9.71. The summed E-state index contributed by atoms with van der Waals surface area (Å²) in [5.74, 6) is 0. The van der Waals surface area contributed by atoms with E-state index in [-0.39, 0.29) is 5.19 Å². The molecule has 0 amide bonds. The van der Waals surface area contributed by atoms with Gasteiger partial charge in [-0.15, -0.1) is 5.10 Å². The van der Waals surface area contributed by atoms with Gasteiger partial charge < -0.3 is 24.1 Å². The van der Waals surface area contributed by atoms with E-state index >= 15 is 0 Å². The first-order valence-corrected chi connectivity index (χ1v) is 14.2. The van der Waals surface area contributed by atoms with E-state index in [1.54, 1.807) is 35.5 Å². The molecule has 4 aromatic rings. The molecule has 2 aliphatic rings. The van der Waals surface area contributed by atoms with Crippen LogP contribution in [0.15, 0.2) is 65.0 Å². The molecule has 9 nitrogen and oxygen atoms in total. The largest absolute Gasteiger partial charge is 0.486 e. The van der Waals surface area contributed by atoms with E-state index in [9.17, 15) is 5.11 Å². The molecule has 1 N–H and O–H groups in total. The monoisotopic (exact) mass is 592 g/mol. The Balaban J connectivity index is 1.35. The summed E-state index contributed by atoms with van der Waals surface area (Å²) in [6, 6.07) is 14.8. The summed E-state index contributed by atoms with van der Waals surface area (Å²) in [6.45, 7) is 0.317. The number of halogens is 2. The van der Waals surface area contributed by atoms with Crippen molar-refractivity contribution in [1.82, 2.24) is 20.0 Å². The average Bonchev–Trinajstić information content (AvgIpc) is 3.59. The number of fused-ring (bicyclic) bond motifs is 1. The second-order valence-corrected chi connectivity index (χ2v) is 11.5. The second kappa shape index (κ2) is 11.1. The molecule has 2 aromatic heterocycles. The van der Waals surface area contributed by atoms with Gasteiger partial charge >= 0.3 is 0 Å². The van der Waals surface area contributed by atoms with Crippen LogP contribution in [-0.2, 0) is 18.9 Å². The Labute approximate surface area is 236 Å². The lowest BCUT2D eigenvalue weighted by molar-refractivity contribution is -0.308. The number of benzene rings is 2. The van der Waals surface area contributed by atoms with Crippen molar-refractivity contribution in [3.05, 3.63) is 75.7 Å². The Morgan fingerprint density at radius 2 is 1.95 bits per heavy atom. The highest BCUT2D eigenvalue weighted by atomic mass is 35.5. The van der Waals surface area contributed by atoms with Crippen LogP contribution in [0.4, 0.5) is 0 Å².